The van der Waals surface area contributed by atoms with Crippen molar-refractivity contribution in [1.82, 2.24) is 4.90 Å². The number of nitrogens with zero attached hydrogens (tertiary/aromatic N) is 2. The quantitative estimate of drug-likeness (QED) is 0.321. The molecule has 0 aliphatic carbocycles. The van der Waals surface area contributed by atoms with Gasteiger partial charge in [0.15, 0.2) is 0 Å². The van der Waals surface area contributed by atoms with Gasteiger partial charge in [0, 0.05) is 0 Å². The van der Waals surface area contributed by atoms with Gasteiger partial charge in [0.05, 0.1) is 24.7 Å². The maximum absolute atomic E-state index is 3.98. The molecule has 0 fully saturated rings. The Labute approximate surface area is 149 Å². The second kappa shape index (κ2) is 8.00. The van der Waals surface area contributed by atoms with Crippen LogP contribution in [0.25, 0.3) is 0 Å². The van der Waals surface area contributed by atoms with Gasteiger partial charge in [-0.15, -0.1) is 0 Å². The Morgan fingerprint density at radius 2 is 1.33 bits per heavy atom. The lowest BCUT2D eigenvalue weighted by Gasteiger charge is -2.28. The average Bonchev–Trinajstić information content (AvgIpc) is 2.52. The molecule has 0 heterocycles. The zero-order chi connectivity index (χ0) is 18.8. The molecule has 0 spiro atoms. The first-order chi connectivity index (χ1) is 11.1. The minimum absolute atomic E-state index is 0.417. The van der Waals surface area contributed by atoms with Gasteiger partial charge in [-0.3, -0.25) is 9.48 Å². The van der Waals surface area contributed by atoms with Crippen molar-refractivity contribution in [3.05, 3.63) is 46.0 Å². The first-order valence-electron chi connectivity index (χ1n) is 9.10. The van der Waals surface area contributed by atoms with Gasteiger partial charge >= 0.3 is 0 Å². The Morgan fingerprint density at radius 1 is 0.917 bits per heavy atom. The van der Waals surface area contributed by atoms with Crippen LogP contribution in [0.5, 0.6) is 0 Å². The van der Waals surface area contributed by atoms with Crippen LogP contribution >= 0.6 is 0 Å². The molecule has 134 valence electrons. The summed E-state index contributed by atoms with van der Waals surface area (Å²) in [5.74, 6) is 1.32. The third-order valence-corrected chi connectivity index (χ3v) is 5.55. The monoisotopic (exact) mass is 329 g/mol. The van der Waals surface area contributed by atoms with Gasteiger partial charge in [-0.1, -0.05) is 12.7 Å². The normalized spacial score (nSPS) is 12.7. The van der Waals surface area contributed by atoms with Crippen LogP contribution in [0, 0.1) is 34.6 Å². The Hall–Kier alpha value is -1.57. The molecule has 0 bridgehead atoms. The van der Waals surface area contributed by atoms with Gasteiger partial charge in [-0.25, -0.2) is 0 Å². The summed E-state index contributed by atoms with van der Waals surface area (Å²) >= 11 is 0. The van der Waals surface area contributed by atoms with Crippen LogP contribution in [-0.4, -0.2) is 41.0 Å². The molecule has 0 aliphatic heterocycles. The summed E-state index contributed by atoms with van der Waals surface area (Å²) in [6.45, 7) is 25.1. The molecular weight excluding hydrogens is 292 g/mol. The first-order valence-corrected chi connectivity index (χ1v) is 9.10. The Kier molecular flexibility index (Phi) is 6.83. The highest BCUT2D eigenvalue weighted by molar-refractivity contribution is 5.99. The lowest BCUT2D eigenvalue weighted by molar-refractivity contribution is -0.534. The zero-order valence-electron chi connectivity index (χ0n) is 17.5. The number of hydrogen-bond donors (Lipinski definition) is 0. The number of hydrogen-bond acceptors (Lipinski definition) is 0. The van der Waals surface area contributed by atoms with Crippen LogP contribution in [0.4, 0.5) is 0 Å². The third kappa shape index (κ3) is 3.74. The van der Waals surface area contributed by atoms with Gasteiger partial charge in [0.2, 0.25) is 0 Å². The molecule has 0 N–H and O–H groups in total. The maximum atomic E-state index is 3.98. The van der Waals surface area contributed by atoms with Crippen molar-refractivity contribution >= 4 is 5.84 Å². The lowest BCUT2D eigenvalue weighted by atomic mass is 9.88. The third-order valence-electron chi connectivity index (χ3n) is 5.55. The van der Waals surface area contributed by atoms with E-state index in [1.54, 1.807) is 0 Å². The minimum atomic E-state index is 0.417. The first kappa shape index (κ1) is 20.5. The van der Waals surface area contributed by atoms with E-state index in [2.05, 4.69) is 85.4 Å². The second-order valence-electron chi connectivity index (χ2n) is 7.56. The molecule has 0 amide bonds. The Bertz CT molecular complexity index is 619. The van der Waals surface area contributed by atoms with E-state index in [0.29, 0.717) is 12.1 Å². The van der Waals surface area contributed by atoms with Crippen LogP contribution in [0.2, 0.25) is 0 Å². The van der Waals surface area contributed by atoms with Crippen molar-refractivity contribution in [2.45, 2.75) is 74.4 Å². The number of benzene rings is 1. The highest BCUT2D eigenvalue weighted by Crippen LogP contribution is 2.28. The van der Waals surface area contributed by atoms with E-state index in [0.717, 1.165) is 6.54 Å². The standard InChI is InChI=1S/C22H37N2/c1-12-13-24(15(4)5)22(23(11)14(2)3)21-19(9)17(7)16(6)18(8)20(21)10/h12,14-15H,1,13H2,2-11H3/q+1. The lowest BCUT2D eigenvalue weighted by Crippen LogP contribution is -2.45. The second-order valence-corrected chi connectivity index (χ2v) is 7.56. The van der Waals surface area contributed by atoms with Gasteiger partial charge in [0.25, 0.3) is 5.84 Å². The van der Waals surface area contributed by atoms with Crippen molar-refractivity contribution in [1.29, 1.82) is 0 Å². The average molecular weight is 330 g/mol. The molecule has 0 saturated carbocycles. The van der Waals surface area contributed by atoms with E-state index >= 15 is 0 Å². The highest BCUT2D eigenvalue weighted by Gasteiger charge is 2.30. The van der Waals surface area contributed by atoms with Crippen LogP contribution < -0.4 is 0 Å². The predicted octanol–water partition coefficient (Wildman–Crippen LogP) is 4.92. The molecule has 24 heavy (non-hydrogen) atoms. The fourth-order valence-corrected chi connectivity index (χ4v) is 3.28. The van der Waals surface area contributed by atoms with Crippen LogP contribution in [0.1, 0.15) is 61.1 Å². The number of rotatable bonds is 5. The summed E-state index contributed by atoms with van der Waals surface area (Å²) in [4.78, 5) is 2.47. The van der Waals surface area contributed by atoms with E-state index < -0.39 is 0 Å². The fraction of sp³-hybridized carbons (Fsp3) is 0.591. The summed E-state index contributed by atoms with van der Waals surface area (Å²) in [5, 5.41) is 0. The van der Waals surface area contributed by atoms with Gasteiger partial charge in [-0.2, -0.15) is 0 Å². The topological polar surface area (TPSA) is 6.25 Å². The van der Waals surface area contributed by atoms with E-state index in [4.69, 9.17) is 0 Å². The molecule has 1 rings (SSSR count). The Morgan fingerprint density at radius 3 is 1.67 bits per heavy atom. The summed E-state index contributed by atoms with van der Waals surface area (Å²) < 4.78 is 2.41. The van der Waals surface area contributed by atoms with E-state index in [-0.39, 0.29) is 0 Å². The smallest absolute Gasteiger partial charge is 0.262 e. The van der Waals surface area contributed by atoms with Crippen LogP contribution in [0.3, 0.4) is 0 Å². The van der Waals surface area contributed by atoms with Gasteiger partial charge in [-0.05, 0) is 90.1 Å². The molecule has 0 aromatic heterocycles. The molecule has 0 atom stereocenters. The van der Waals surface area contributed by atoms with Crippen molar-refractivity contribution in [3.63, 3.8) is 0 Å². The van der Waals surface area contributed by atoms with Crippen molar-refractivity contribution < 1.29 is 4.58 Å². The molecule has 0 unspecified atom stereocenters. The molecule has 0 saturated heterocycles. The van der Waals surface area contributed by atoms with Crippen LogP contribution in [0.15, 0.2) is 12.7 Å². The molecule has 0 radical (unpaired) electrons. The van der Waals surface area contributed by atoms with Crippen molar-refractivity contribution in [2.75, 3.05) is 13.6 Å². The SMILES string of the molecule is C=CCN(C(c1c(C)c(C)c(C)c(C)c1C)=[N+](C)C(C)C)C(C)C. The molecular formula is C22H37N2+. The van der Waals surface area contributed by atoms with Crippen LogP contribution in [-0.2, 0) is 0 Å². The summed E-state index contributed by atoms with van der Waals surface area (Å²) in [6.07, 6.45) is 2.01. The zero-order valence-corrected chi connectivity index (χ0v) is 17.5. The van der Waals surface area contributed by atoms with Crippen molar-refractivity contribution in [3.8, 4) is 0 Å². The molecule has 2 nitrogen and oxygen atoms in total. The fourth-order valence-electron chi connectivity index (χ4n) is 3.28. The van der Waals surface area contributed by atoms with E-state index in [1.807, 2.05) is 6.08 Å². The number of amidine groups is 1. The summed E-state index contributed by atoms with van der Waals surface area (Å²) in [7, 11) is 2.21. The maximum Gasteiger partial charge on any atom is 0.280 e. The van der Waals surface area contributed by atoms with E-state index in [1.165, 1.54) is 39.2 Å². The summed E-state index contributed by atoms with van der Waals surface area (Å²) in [5.41, 5.74) is 8.42. The Balaban J connectivity index is 3.89. The largest absolute Gasteiger partial charge is 0.280 e. The highest BCUT2D eigenvalue weighted by atomic mass is 15.3. The molecule has 2 heteroatoms. The minimum Gasteiger partial charge on any atom is -0.262 e. The summed E-state index contributed by atoms with van der Waals surface area (Å²) in [6, 6.07) is 0.853. The van der Waals surface area contributed by atoms with Gasteiger partial charge in [0.1, 0.15) is 6.54 Å². The van der Waals surface area contributed by atoms with E-state index in [9.17, 15) is 0 Å². The van der Waals surface area contributed by atoms with Gasteiger partial charge < -0.3 is 0 Å². The predicted molar refractivity (Wildman–Crippen MR) is 108 cm³/mol. The van der Waals surface area contributed by atoms with Crippen molar-refractivity contribution in [2.24, 2.45) is 0 Å². The molecule has 1 aromatic rings. The molecule has 1 aromatic carbocycles. The molecule has 0 aliphatic rings.